The Morgan fingerprint density at radius 1 is 1.23 bits per heavy atom. The Morgan fingerprint density at radius 3 is 2.77 bits per heavy atom. The van der Waals surface area contributed by atoms with Gasteiger partial charge in [-0.3, -0.25) is 14.5 Å². The Balaban J connectivity index is 1.52. The molecule has 0 N–H and O–H groups in total. The van der Waals surface area contributed by atoms with Crippen molar-refractivity contribution in [1.82, 2.24) is 14.7 Å². The molecule has 30 heavy (non-hydrogen) atoms. The van der Waals surface area contributed by atoms with Crippen molar-refractivity contribution >= 4 is 11.8 Å². The first-order valence-corrected chi connectivity index (χ1v) is 11.0. The van der Waals surface area contributed by atoms with E-state index in [0.29, 0.717) is 13.0 Å². The number of rotatable bonds is 8. The fraction of sp³-hybridized carbons (Fsp3) is 0.652. The molecule has 1 atom stereocenters. The molecule has 0 saturated carbocycles. The lowest BCUT2D eigenvalue weighted by Crippen LogP contribution is -2.52. The van der Waals surface area contributed by atoms with Crippen LogP contribution in [-0.4, -0.2) is 92.1 Å². The van der Waals surface area contributed by atoms with Gasteiger partial charge >= 0.3 is 0 Å². The summed E-state index contributed by atoms with van der Waals surface area (Å²) in [5.41, 5.74) is 0.954. The lowest BCUT2D eigenvalue weighted by atomic mass is 10.0. The van der Waals surface area contributed by atoms with Gasteiger partial charge in [0.05, 0.1) is 26.7 Å². The number of methoxy groups -OCH3 is 1. The van der Waals surface area contributed by atoms with Crippen molar-refractivity contribution in [1.29, 1.82) is 0 Å². The van der Waals surface area contributed by atoms with E-state index >= 15 is 0 Å². The zero-order valence-electron chi connectivity index (χ0n) is 18.3. The first kappa shape index (κ1) is 22.6. The number of amides is 2. The molecule has 0 radical (unpaired) electrons. The summed E-state index contributed by atoms with van der Waals surface area (Å²) in [4.78, 5) is 31.5. The van der Waals surface area contributed by atoms with Gasteiger partial charge in [0, 0.05) is 52.2 Å². The number of likely N-dealkylation sites (tertiary alicyclic amines) is 1. The van der Waals surface area contributed by atoms with Crippen molar-refractivity contribution < 1.29 is 19.1 Å². The first-order chi connectivity index (χ1) is 14.6. The molecule has 1 aromatic rings. The van der Waals surface area contributed by atoms with Crippen molar-refractivity contribution in [3.8, 4) is 5.75 Å². The van der Waals surface area contributed by atoms with Crippen molar-refractivity contribution in [2.45, 2.75) is 38.6 Å². The predicted molar refractivity (Wildman–Crippen MR) is 116 cm³/mol. The highest BCUT2D eigenvalue weighted by Crippen LogP contribution is 2.19. The Labute approximate surface area is 179 Å². The summed E-state index contributed by atoms with van der Waals surface area (Å²) < 4.78 is 10.7. The Hall–Kier alpha value is -2.12. The van der Waals surface area contributed by atoms with Crippen LogP contribution in [0.15, 0.2) is 24.3 Å². The number of hydrogen-bond donors (Lipinski definition) is 0. The van der Waals surface area contributed by atoms with Crippen LogP contribution in [-0.2, 0) is 20.7 Å². The maximum absolute atomic E-state index is 12.9. The van der Waals surface area contributed by atoms with Gasteiger partial charge in [-0.1, -0.05) is 12.1 Å². The maximum atomic E-state index is 12.9. The van der Waals surface area contributed by atoms with Gasteiger partial charge in [-0.05, 0) is 37.0 Å². The molecule has 1 aromatic carbocycles. The van der Waals surface area contributed by atoms with Crippen LogP contribution in [0.4, 0.5) is 0 Å². The molecule has 0 spiro atoms. The molecular formula is C23H35N3O4. The fourth-order valence-electron chi connectivity index (χ4n) is 4.39. The normalized spacial score (nSPS) is 20.1. The third kappa shape index (κ3) is 6.44. The number of morpholine rings is 1. The van der Waals surface area contributed by atoms with E-state index in [4.69, 9.17) is 9.47 Å². The highest BCUT2D eigenvalue weighted by molar-refractivity contribution is 5.79. The third-order valence-corrected chi connectivity index (χ3v) is 6.06. The van der Waals surface area contributed by atoms with Crippen LogP contribution in [0.25, 0.3) is 0 Å². The van der Waals surface area contributed by atoms with Gasteiger partial charge in [0.2, 0.25) is 11.8 Å². The molecule has 1 unspecified atom stereocenters. The van der Waals surface area contributed by atoms with Gasteiger partial charge in [0.1, 0.15) is 5.75 Å². The highest BCUT2D eigenvalue weighted by atomic mass is 16.5. The minimum atomic E-state index is 0.101. The largest absolute Gasteiger partial charge is 0.497 e. The number of benzene rings is 1. The number of ether oxygens (including phenoxy) is 2. The van der Waals surface area contributed by atoms with E-state index < -0.39 is 0 Å². The van der Waals surface area contributed by atoms with Crippen LogP contribution in [0.3, 0.4) is 0 Å². The molecule has 2 aliphatic heterocycles. The molecule has 2 saturated heterocycles. The molecule has 0 bridgehead atoms. The summed E-state index contributed by atoms with van der Waals surface area (Å²) in [7, 11) is 1.63. The Morgan fingerprint density at radius 2 is 2.03 bits per heavy atom. The van der Waals surface area contributed by atoms with Gasteiger partial charge in [-0.15, -0.1) is 0 Å². The molecule has 166 valence electrons. The Bertz CT molecular complexity index is 705. The number of hydrogen-bond acceptors (Lipinski definition) is 5. The standard InChI is InChI=1S/C23H35N3O4/c1-19(27)26(11-5-9-24-12-14-30-15-13-24)21-7-4-10-25(18-21)23(28)17-20-6-3-8-22(16-20)29-2/h3,6,8,16,21H,4-5,7,9-15,17-18H2,1-2H3. The molecule has 2 amide bonds. The fourth-order valence-corrected chi connectivity index (χ4v) is 4.39. The summed E-state index contributed by atoms with van der Waals surface area (Å²) in [6.07, 6.45) is 3.21. The van der Waals surface area contributed by atoms with Crippen LogP contribution >= 0.6 is 0 Å². The van der Waals surface area contributed by atoms with Crippen LogP contribution in [0.2, 0.25) is 0 Å². The van der Waals surface area contributed by atoms with Gasteiger partial charge in [-0.2, -0.15) is 0 Å². The van der Waals surface area contributed by atoms with E-state index in [1.165, 1.54) is 0 Å². The molecule has 2 aliphatic rings. The molecule has 0 aromatic heterocycles. The smallest absolute Gasteiger partial charge is 0.227 e. The van der Waals surface area contributed by atoms with E-state index in [-0.39, 0.29) is 17.9 Å². The monoisotopic (exact) mass is 417 g/mol. The summed E-state index contributed by atoms with van der Waals surface area (Å²) in [5, 5.41) is 0. The number of carbonyl (C=O) groups is 2. The predicted octanol–water partition coefficient (Wildman–Crippen LogP) is 1.80. The van der Waals surface area contributed by atoms with E-state index in [0.717, 1.165) is 76.5 Å². The summed E-state index contributed by atoms with van der Waals surface area (Å²) in [6.45, 7) is 8.29. The van der Waals surface area contributed by atoms with Crippen LogP contribution < -0.4 is 4.74 Å². The van der Waals surface area contributed by atoms with E-state index in [2.05, 4.69) is 4.90 Å². The second kappa shape index (κ2) is 11.3. The number of piperidine rings is 1. The molecule has 2 fully saturated rings. The minimum absolute atomic E-state index is 0.101. The average Bonchev–Trinajstić information content (AvgIpc) is 2.77. The number of nitrogens with zero attached hydrogens (tertiary/aromatic N) is 3. The SMILES string of the molecule is COc1cccc(CC(=O)N2CCCC(N(CCCN3CCOCC3)C(C)=O)C2)c1. The van der Waals surface area contributed by atoms with Gasteiger partial charge in [0.15, 0.2) is 0 Å². The number of carbonyl (C=O) groups excluding carboxylic acids is 2. The first-order valence-electron chi connectivity index (χ1n) is 11.0. The second-order valence-corrected chi connectivity index (χ2v) is 8.18. The summed E-state index contributed by atoms with van der Waals surface area (Å²) >= 11 is 0. The van der Waals surface area contributed by atoms with E-state index in [9.17, 15) is 9.59 Å². The quantitative estimate of drug-likeness (QED) is 0.646. The minimum Gasteiger partial charge on any atom is -0.497 e. The molecule has 0 aliphatic carbocycles. The molecule has 7 nitrogen and oxygen atoms in total. The van der Waals surface area contributed by atoms with E-state index in [1.54, 1.807) is 14.0 Å². The maximum Gasteiger partial charge on any atom is 0.227 e. The lowest BCUT2D eigenvalue weighted by molar-refractivity contribution is -0.138. The average molecular weight is 418 g/mol. The van der Waals surface area contributed by atoms with Gasteiger partial charge < -0.3 is 19.3 Å². The van der Waals surface area contributed by atoms with Crippen LogP contribution in [0.1, 0.15) is 31.7 Å². The van der Waals surface area contributed by atoms with Crippen molar-refractivity contribution in [2.24, 2.45) is 0 Å². The van der Waals surface area contributed by atoms with Crippen molar-refractivity contribution in [3.05, 3.63) is 29.8 Å². The third-order valence-electron chi connectivity index (χ3n) is 6.06. The molecule has 7 heteroatoms. The van der Waals surface area contributed by atoms with Crippen LogP contribution in [0, 0.1) is 0 Å². The Kier molecular flexibility index (Phi) is 8.51. The van der Waals surface area contributed by atoms with Gasteiger partial charge in [-0.25, -0.2) is 0 Å². The summed E-state index contributed by atoms with van der Waals surface area (Å²) in [6, 6.07) is 7.76. The van der Waals surface area contributed by atoms with Crippen molar-refractivity contribution in [3.63, 3.8) is 0 Å². The molecule has 2 heterocycles. The van der Waals surface area contributed by atoms with Crippen molar-refractivity contribution in [2.75, 3.05) is 59.6 Å². The topological polar surface area (TPSA) is 62.3 Å². The lowest BCUT2D eigenvalue weighted by Gasteiger charge is -2.39. The van der Waals surface area contributed by atoms with Crippen LogP contribution in [0.5, 0.6) is 5.75 Å². The zero-order chi connectivity index (χ0) is 21.3. The highest BCUT2D eigenvalue weighted by Gasteiger charge is 2.29. The molecular weight excluding hydrogens is 382 g/mol. The van der Waals surface area contributed by atoms with E-state index in [1.807, 2.05) is 34.1 Å². The molecule has 3 rings (SSSR count). The second-order valence-electron chi connectivity index (χ2n) is 8.18. The van der Waals surface area contributed by atoms with Gasteiger partial charge in [0.25, 0.3) is 0 Å². The summed E-state index contributed by atoms with van der Waals surface area (Å²) in [5.74, 6) is 0.980. The zero-order valence-corrected chi connectivity index (χ0v) is 18.3.